The Kier molecular flexibility index (Phi) is 13.4. The van der Waals surface area contributed by atoms with E-state index in [1.165, 1.54) is 0 Å². The maximum atomic E-state index is 9.82. The number of aliphatic hydroxyl groups excluding tert-OH is 2. The molecule has 12 heavy (non-hydrogen) atoms. The van der Waals surface area contributed by atoms with Gasteiger partial charge in [-0.05, 0) is 0 Å². The summed E-state index contributed by atoms with van der Waals surface area (Å²) >= 11 is 0. The molecule has 7 nitrogen and oxygen atoms in total. The second kappa shape index (κ2) is 8.58. The fraction of sp³-hybridized carbons (Fsp3) is 1.00. The average Bonchev–Trinajstić information content (AvgIpc) is 1.81. The van der Waals surface area contributed by atoms with Crippen molar-refractivity contribution in [3.05, 3.63) is 0 Å². The van der Waals surface area contributed by atoms with Gasteiger partial charge in [0.1, 0.15) is 6.10 Å². The van der Waals surface area contributed by atoms with E-state index in [1.54, 1.807) is 0 Å². The van der Waals surface area contributed by atoms with Gasteiger partial charge >= 0.3 is 29.6 Å². The smallest absolute Gasteiger partial charge is 0.756 e. The van der Waals surface area contributed by atoms with E-state index < -0.39 is 27.1 Å². The van der Waals surface area contributed by atoms with Crippen LogP contribution in [0.15, 0.2) is 0 Å². The number of aliphatic hydroxyl groups is 2. The molecule has 0 spiro atoms. The first-order valence-electron chi connectivity index (χ1n) is 2.43. The van der Waals surface area contributed by atoms with E-state index in [1.807, 2.05) is 0 Å². The third kappa shape index (κ3) is 13.6. The monoisotopic (exact) mass is 212 g/mol. The largest absolute Gasteiger partial charge is 1.00 e. The number of hydrogen-bond acceptors (Lipinski definition) is 5. The molecule has 70 valence electrons. The van der Waals surface area contributed by atoms with Crippen molar-refractivity contribution in [3.63, 3.8) is 0 Å². The molecular weight excluding hydrogens is 202 g/mol. The Morgan fingerprint density at radius 3 is 2.25 bits per heavy atom. The molecule has 0 aliphatic heterocycles. The first kappa shape index (κ1) is 18.7. The maximum absolute atomic E-state index is 9.82. The Labute approximate surface area is 91.2 Å². The minimum absolute atomic E-state index is 0. The van der Waals surface area contributed by atoms with Gasteiger partial charge in [0.25, 0.3) is 7.82 Å². The zero-order valence-corrected chi connectivity index (χ0v) is 9.40. The molecule has 2 unspecified atom stereocenters. The van der Waals surface area contributed by atoms with Crippen LogP contribution in [0.3, 0.4) is 0 Å². The van der Waals surface area contributed by atoms with Crippen molar-refractivity contribution in [2.24, 2.45) is 0 Å². The van der Waals surface area contributed by atoms with Crippen molar-refractivity contribution in [2.75, 3.05) is 13.2 Å². The first-order chi connectivity index (χ1) is 4.45. The summed E-state index contributed by atoms with van der Waals surface area (Å²) in [4.78, 5) is 17.8. The van der Waals surface area contributed by atoms with Crippen LogP contribution in [0.1, 0.15) is 0 Å². The van der Waals surface area contributed by atoms with E-state index >= 15 is 0 Å². The van der Waals surface area contributed by atoms with Crippen LogP contribution in [0.4, 0.5) is 0 Å². The van der Waals surface area contributed by atoms with Crippen molar-refractivity contribution >= 4 is 7.82 Å². The Bertz CT molecular complexity index is 135. The van der Waals surface area contributed by atoms with Gasteiger partial charge < -0.3 is 30.0 Å². The number of rotatable bonds is 4. The molecule has 0 aromatic heterocycles. The van der Waals surface area contributed by atoms with Gasteiger partial charge in [-0.25, -0.2) is 0 Å². The predicted octanol–water partition coefficient (Wildman–Crippen LogP) is -6.00. The predicted molar refractivity (Wildman–Crippen MR) is 32.5 cm³/mol. The van der Waals surface area contributed by atoms with E-state index in [4.69, 9.17) is 15.1 Å². The average molecular weight is 212 g/mol. The molecule has 0 fully saturated rings. The van der Waals surface area contributed by atoms with Crippen LogP contribution in [0.5, 0.6) is 0 Å². The molecule has 0 radical (unpaired) electrons. The number of phosphoric acid groups is 1. The maximum Gasteiger partial charge on any atom is 1.00 e. The van der Waals surface area contributed by atoms with Crippen molar-refractivity contribution in [1.82, 2.24) is 0 Å². The van der Waals surface area contributed by atoms with Gasteiger partial charge in [-0.2, -0.15) is 0 Å². The summed E-state index contributed by atoms with van der Waals surface area (Å²) in [7, 11) is -4.75. The molecule has 0 aliphatic rings. The zero-order valence-electron chi connectivity index (χ0n) is 6.51. The summed E-state index contributed by atoms with van der Waals surface area (Å²) in [5, 5.41) is 16.6. The summed E-state index contributed by atoms with van der Waals surface area (Å²) in [6.07, 6.45) is -1.28. The van der Waals surface area contributed by atoms with Gasteiger partial charge in [0.2, 0.25) is 0 Å². The van der Waals surface area contributed by atoms with Gasteiger partial charge in [-0.3, -0.25) is 4.57 Å². The summed E-state index contributed by atoms with van der Waals surface area (Å²) in [5.74, 6) is 0. The minimum atomic E-state index is -4.75. The van der Waals surface area contributed by atoms with E-state index in [0.29, 0.717) is 0 Å². The van der Waals surface area contributed by atoms with Crippen molar-refractivity contribution < 1.29 is 64.1 Å². The normalized spacial score (nSPS) is 16.7. The molecule has 0 amide bonds. The Balaban J connectivity index is -0.000000405. The summed E-state index contributed by atoms with van der Waals surface area (Å²) in [6, 6.07) is 0. The topological polar surface area (TPSA) is 142 Å². The molecule has 2 atom stereocenters. The molecule has 0 aromatic rings. The Morgan fingerprint density at radius 2 is 2.00 bits per heavy atom. The molecule has 0 aliphatic carbocycles. The molecule has 0 saturated heterocycles. The van der Waals surface area contributed by atoms with Gasteiger partial charge in [0.15, 0.2) is 0 Å². The zero-order chi connectivity index (χ0) is 8.20. The van der Waals surface area contributed by atoms with E-state index in [2.05, 4.69) is 4.52 Å². The summed E-state index contributed by atoms with van der Waals surface area (Å²) in [5.41, 5.74) is 0. The van der Waals surface area contributed by atoms with Crippen LogP contribution in [0.2, 0.25) is 0 Å². The van der Waals surface area contributed by atoms with Crippen molar-refractivity contribution in [3.8, 4) is 0 Å². The second-order valence-corrected chi connectivity index (χ2v) is 2.80. The fourth-order valence-electron chi connectivity index (χ4n) is 0.233. The van der Waals surface area contributed by atoms with Crippen LogP contribution in [-0.2, 0) is 9.09 Å². The molecule has 0 bridgehead atoms. The van der Waals surface area contributed by atoms with Crippen LogP contribution in [-0.4, -0.2) is 39.9 Å². The van der Waals surface area contributed by atoms with Crippen molar-refractivity contribution in [2.45, 2.75) is 6.10 Å². The van der Waals surface area contributed by atoms with Crippen LogP contribution < -0.4 is 34.5 Å². The second-order valence-electron chi connectivity index (χ2n) is 1.60. The molecule has 9 heteroatoms. The van der Waals surface area contributed by atoms with E-state index in [9.17, 15) is 9.46 Å². The van der Waals surface area contributed by atoms with Gasteiger partial charge in [0.05, 0.1) is 13.2 Å². The van der Waals surface area contributed by atoms with Gasteiger partial charge in [-0.1, -0.05) is 0 Å². The first-order valence-corrected chi connectivity index (χ1v) is 3.92. The van der Waals surface area contributed by atoms with Gasteiger partial charge in [0, 0.05) is 0 Å². The Hall–Kier alpha value is 0.990. The molecule has 0 heterocycles. The molecule has 0 aromatic carbocycles. The Morgan fingerprint density at radius 1 is 1.58 bits per heavy atom. The van der Waals surface area contributed by atoms with E-state index in [0.717, 1.165) is 0 Å². The quantitative estimate of drug-likeness (QED) is 0.312. The molecular formula is C3H10NaO7P. The molecule has 0 saturated carbocycles. The third-order valence-electron chi connectivity index (χ3n) is 0.641. The standard InChI is InChI=1S/C3H9O6P.Na.H2O/c4-1-3(5)2-9-10(6,7)8;;/h3-5H,1-2H2,(H2,6,7,8);;1H2/q;+1;/p-1. The van der Waals surface area contributed by atoms with Gasteiger partial charge in [-0.15, -0.1) is 0 Å². The number of hydrogen-bond donors (Lipinski definition) is 3. The number of phosphoric ester groups is 1. The summed E-state index contributed by atoms with van der Waals surface area (Å²) in [6.45, 7) is -1.24. The van der Waals surface area contributed by atoms with E-state index in [-0.39, 0.29) is 35.0 Å². The van der Waals surface area contributed by atoms with Crippen LogP contribution >= 0.6 is 7.82 Å². The minimum Gasteiger partial charge on any atom is -0.756 e. The summed E-state index contributed by atoms with van der Waals surface area (Å²) < 4.78 is 13.5. The fourth-order valence-corrected chi connectivity index (χ4v) is 0.593. The third-order valence-corrected chi connectivity index (χ3v) is 1.12. The SMILES string of the molecule is O.O=P([O-])(O)OCC(O)CO.[Na+]. The molecule has 5 N–H and O–H groups in total. The van der Waals surface area contributed by atoms with Crippen LogP contribution in [0.25, 0.3) is 0 Å². The van der Waals surface area contributed by atoms with Crippen molar-refractivity contribution in [1.29, 1.82) is 0 Å². The van der Waals surface area contributed by atoms with Crippen LogP contribution in [0, 0.1) is 0 Å². The molecule has 0 rings (SSSR count).